The molecule has 0 aliphatic carbocycles. The molecule has 19 heavy (non-hydrogen) atoms. The molecule has 2 heterocycles. The van der Waals surface area contributed by atoms with E-state index < -0.39 is 0 Å². The first-order chi connectivity index (χ1) is 9.36. The van der Waals surface area contributed by atoms with E-state index in [9.17, 15) is 0 Å². The third kappa shape index (κ3) is 2.47. The summed E-state index contributed by atoms with van der Waals surface area (Å²) in [7, 11) is 1.60. The number of ether oxygens (including phenoxy) is 2. The third-order valence-corrected chi connectivity index (χ3v) is 3.18. The molecule has 98 valence electrons. The smallest absolute Gasteiger partial charge is 0.216 e. The summed E-state index contributed by atoms with van der Waals surface area (Å²) in [5.74, 6) is 2.13. The zero-order valence-corrected chi connectivity index (χ0v) is 10.8. The molecule has 1 aromatic carbocycles. The normalized spacial score (nSPS) is 13.3. The molecule has 0 amide bonds. The van der Waals surface area contributed by atoms with Crippen molar-refractivity contribution >= 4 is 5.69 Å². The van der Waals surface area contributed by atoms with Gasteiger partial charge in [-0.3, -0.25) is 0 Å². The molecule has 1 aromatic heterocycles. The van der Waals surface area contributed by atoms with Gasteiger partial charge in [0.05, 0.1) is 12.8 Å². The van der Waals surface area contributed by atoms with E-state index in [-0.39, 0.29) is 0 Å². The number of aromatic nitrogens is 1. The lowest BCUT2D eigenvalue weighted by atomic mass is 10.0. The molecule has 0 fully saturated rings. The lowest BCUT2D eigenvalue weighted by molar-refractivity contribution is 0.392. The minimum absolute atomic E-state index is 0.551. The number of fused-ring (bicyclic) bond motifs is 1. The molecule has 1 aliphatic rings. The summed E-state index contributed by atoms with van der Waals surface area (Å²) in [6.07, 6.45) is 3.94. The molecule has 0 atom stereocenters. The number of pyridine rings is 1. The zero-order chi connectivity index (χ0) is 13.1. The van der Waals surface area contributed by atoms with Gasteiger partial charge >= 0.3 is 0 Å². The van der Waals surface area contributed by atoms with Crippen molar-refractivity contribution in [3.63, 3.8) is 0 Å². The molecule has 0 bridgehead atoms. The standard InChI is InChI=1S/C15H16N2O2/c1-18-14-10-12(7-9-16-14)19-13-6-2-4-11-5-3-8-17-15(11)13/h2,4,6-7,9-10,17H,3,5,8H2,1H3. The van der Waals surface area contributed by atoms with Gasteiger partial charge in [0.25, 0.3) is 0 Å². The van der Waals surface area contributed by atoms with E-state index in [2.05, 4.69) is 16.4 Å². The fraction of sp³-hybridized carbons (Fsp3) is 0.267. The highest BCUT2D eigenvalue weighted by Crippen LogP contribution is 2.35. The van der Waals surface area contributed by atoms with Crippen LogP contribution in [0.2, 0.25) is 0 Å². The molecule has 0 radical (unpaired) electrons. The van der Waals surface area contributed by atoms with E-state index in [1.165, 1.54) is 12.0 Å². The van der Waals surface area contributed by atoms with E-state index in [0.717, 1.165) is 30.2 Å². The largest absolute Gasteiger partial charge is 0.481 e. The van der Waals surface area contributed by atoms with Gasteiger partial charge in [-0.05, 0) is 30.5 Å². The quantitative estimate of drug-likeness (QED) is 0.915. The number of hydrogen-bond donors (Lipinski definition) is 1. The van der Waals surface area contributed by atoms with Crippen LogP contribution in [0.4, 0.5) is 5.69 Å². The Morgan fingerprint density at radius 1 is 1.26 bits per heavy atom. The summed E-state index contributed by atoms with van der Waals surface area (Å²) < 4.78 is 11.0. The molecule has 2 aromatic rings. The highest BCUT2D eigenvalue weighted by Gasteiger charge is 2.13. The van der Waals surface area contributed by atoms with Crippen molar-refractivity contribution in [1.29, 1.82) is 0 Å². The number of benzene rings is 1. The van der Waals surface area contributed by atoms with E-state index in [0.29, 0.717) is 5.88 Å². The molecule has 1 aliphatic heterocycles. The second-order valence-corrected chi connectivity index (χ2v) is 4.46. The Hall–Kier alpha value is -2.23. The van der Waals surface area contributed by atoms with Crippen molar-refractivity contribution in [1.82, 2.24) is 4.98 Å². The summed E-state index contributed by atoms with van der Waals surface area (Å²) in [6, 6.07) is 9.75. The Labute approximate surface area is 112 Å². The Morgan fingerprint density at radius 3 is 3.11 bits per heavy atom. The van der Waals surface area contributed by atoms with Gasteiger partial charge in [-0.2, -0.15) is 0 Å². The van der Waals surface area contributed by atoms with E-state index in [1.807, 2.05) is 18.2 Å². The average Bonchev–Trinajstić information content (AvgIpc) is 2.48. The van der Waals surface area contributed by atoms with Crippen LogP contribution >= 0.6 is 0 Å². The first-order valence-corrected chi connectivity index (χ1v) is 6.40. The number of nitrogens with one attached hydrogen (secondary N) is 1. The summed E-state index contributed by atoms with van der Waals surface area (Å²) in [5, 5.41) is 3.41. The van der Waals surface area contributed by atoms with Crippen LogP contribution in [0.25, 0.3) is 0 Å². The van der Waals surface area contributed by atoms with Crippen LogP contribution in [0, 0.1) is 0 Å². The number of hydrogen-bond acceptors (Lipinski definition) is 4. The van der Waals surface area contributed by atoms with Crippen molar-refractivity contribution in [2.75, 3.05) is 19.0 Å². The van der Waals surface area contributed by atoms with Crippen molar-refractivity contribution in [3.8, 4) is 17.4 Å². The van der Waals surface area contributed by atoms with Gasteiger partial charge in [0.1, 0.15) is 5.75 Å². The van der Waals surface area contributed by atoms with E-state index in [1.54, 1.807) is 19.4 Å². The summed E-state index contributed by atoms with van der Waals surface area (Å²) in [4.78, 5) is 4.07. The molecule has 0 saturated heterocycles. The lowest BCUT2D eigenvalue weighted by Crippen LogP contribution is -2.12. The Bertz CT molecular complexity index is 584. The summed E-state index contributed by atoms with van der Waals surface area (Å²) in [6.45, 7) is 0.993. The maximum absolute atomic E-state index is 5.94. The number of nitrogens with zero attached hydrogens (tertiary/aromatic N) is 1. The highest BCUT2D eigenvalue weighted by atomic mass is 16.5. The third-order valence-electron chi connectivity index (χ3n) is 3.18. The Kier molecular flexibility index (Phi) is 3.23. The highest BCUT2D eigenvalue weighted by molar-refractivity contribution is 5.64. The zero-order valence-electron chi connectivity index (χ0n) is 10.8. The second kappa shape index (κ2) is 5.18. The molecule has 0 unspecified atom stereocenters. The van der Waals surface area contributed by atoms with Gasteiger partial charge in [-0.15, -0.1) is 0 Å². The van der Waals surface area contributed by atoms with Crippen LogP contribution in [0.15, 0.2) is 36.5 Å². The van der Waals surface area contributed by atoms with Crippen LogP contribution in [0.1, 0.15) is 12.0 Å². The fourth-order valence-corrected chi connectivity index (χ4v) is 2.26. The van der Waals surface area contributed by atoms with Crippen molar-refractivity contribution in [2.24, 2.45) is 0 Å². The number of anilines is 1. The predicted octanol–water partition coefficient (Wildman–Crippen LogP) is 3.24. The van der Waals surface area contributed by atoms with Crippen molar-refractivity contribution < 1.29 is 9.47 Å². The van der Waals surface area contributed by atoms with Crippen molar-refractivity contribution in [3.05, 3.63) is 42.1 Å². The minimum Gasteiger partial charge on any atom is -0.481 e. The number of aryl methyl sites for hydroxylation is 1. The monoisotopic (exact) mass is 256 g/mol. The van der Waals surface area contributed by atoms with Gasteiger partial charge in [0.2, 0.25) is 5.88 Å². The molecule has 0 spiro atoms. The topological polar surface area (TPSA) is 43.4 Å². The van der Waals surface area contributed by atoms with Gasteiger partial charge in [-0.25, -0.2) is 4.98 Å². The van der Waals surface area contributed by atoms with Crippen LogP contribution in [0.3, 0.4) is 0 Å². The van der Waals surface area contributed by atoms with Gasteiger partial charge in [-0.1, -0.05) is 12.1 Å². The minimum atomic E-state index is 0.551. The van der Waals surface area contributed by atoms with Crippen LogP contribution in [-0.4, -0.2) is 18.6 Å². The van der Waals surface area contributed by atoms with Gasteiger partial charge < -0.3 is 14.8 Å². The first-order valence-electron chi connectivity index (χ1n) is 6.40. The maximum atomic E-state index is 5.94. The predicted molar refractivity (Wildman–Crippen MR) is 74.1 cm³/mol. The average molecular weight is 256 g/mol. The van der Waals surface area contributed by atoms with Gasteiger partial charge in [0, 0.05) is 18.8 Å². The maximum Gasteiger partial charge on any atom is 0.216 e. The molecular weight excluding hydrogens is 240 g/mol. The molecular formula is C15H16N2O2. The summed E-state index contributed by atoms with van der Waals surface area (Å²) >= 11 is 0. The van der Waals surface area contributed by atoms with E-state index in [4.69, 9.17) is 9.47 Å². The van der Waals surface area contributed by atoms with Crippen molar-refractivity contribution in [2.45, 2.75) is 12.8 Å². The fourth-order valence-electron chi connectivity index (χ4n) is 2.26. The number of rotatable bonds is 3. The SMILES string of the molecule is COc1cc(Oc2cccc3c2NCCC3)ccn1. The molecule has 1 N–H and O–H groups in total. The lowest BCUT2D eigenvalue weighted by Gasteiger charge is -2.21. The Morgan fingerprint density at radius 2 is 2.21 bits per heavy atom. The van der Waals surface area contributed by atoms with Crippen LogP contribution in [-0.2, 0) is 6.42 Å². The van der Waals surface area contributed by atoms with Crippen LogP contribution in [0.5, 0.6) is 17.4 Å². The van der Waals surface area contributed by atoms with Gasteiger partial charge in [0.15, 0.2) is 5.75 Å². The Balaban J connectivity index is 1.90. The van der Waals surface area contributed by atoms with E-state index >= 15 is 0 Å². The molecule has 3 rings (SSSR count). The molecule has 4 nitrogen and oxygen atoms in total. The number of methoxy groups -OCH3 is 1. The second-order valence-electron chi connectivity index (χ2n) is 4.46. The first kappa shape index (κ1) is 11.8. The summed E-state index contributed by atoms with van der Waals surface area (Å²) in [5.41, 5.74) is 2.41. The molecule has 4 heteroatoms. The molecule has 0 saturated carbocycles. The van der Waals surface area contributed by atoms with Crippen LogP contribution < -0.4 is 14.8 Å². The number of para-hydroxylation sites is 1.